The smallest absolute Gasteiger partial charge is 0.358 e. The fourth-order valence-electron chi connectivity index (χ4n) is 3.00. The Hall–Kier alpha value is -1.63. The molecule has 0 saturated carbocycles. The van der Waals surface area contributed by atoms with Gasteiger partial charge in [0.15, 0.2) is 0 Å². The molecule has 1 atom stereocenters. The van der Waals surface area contributed by atoms with Crippen LogP contribution in [0.25, 0.3) is 0 Å². The highest BCUT2D eigenvalue weighted by atomic mass is 16.6. The minimum absolute atomic E-state index is 0.0211. The van der Waals surface area contributed by atoms with Crippen LogP contribution in [-0.4, -0.2) is 40.7 Å². The molecule has 1 N–H and O–H groups in total. The van der Waals surface area contributed by atoms with Gasteiger partial charge in [-0.1, -0.05) is 6.92 Å². The number of nitrogens with zero attached hydrogens (tertiary/aromatic N) is 4. The molecular weight excluding hydrogens is 270 g/mol. The third-order valence-electron chi connectivity index (χ3n) is 4.11. The first-order chi connectivity index (χ1) is 10.0. The molecule has 2 rings (SSSR count). The molecule has 118 valence electrons. The molecule has 1 aromatic heterocycles. The van der Waals surface area contributed by atoms with E-state index in [9.17, 15) is 10.1 Å². The van der Waals surface area contributed by atoms with Crippen molar-refractivity contribution in [1.82, 2.24) is 14.9 Å². The van der Waals surface area contributed by atoms with Gasteiger partial charge in [-0.2, -0.15) is 0 Å². The van der Waals surface area contributed by atoms with E-state index >= 15 is 0 Å². The monoisotopic (exact) mass is 295 g/mol. The zero-order valence-electron chi connectivity index (χ0n) is 13.1. The second-order valence-corrected chi connectivity index (χ2v) is 5.78. The van der Waals surface area contributed by atoms with Gasteiger partial charge in [-0.05, 0) is 48.2 Å². The van der Waals surface area contributed by atoms with Crippen molar-refractivity contribution >= 4 is 11.6 Å². The van der Waals surface area contributed by atoms with Crippen LogP contribution in [0.5, 0.6) is 0 Å². The molecule has 1 aliphatic rings. The molecule has 0 radical (unpaired) electrons. The number of imidazole rings is 1. The summed E-state index contributed by atoms with van der Waals surface area (Å²) in [4.78, 5) is 17.2. The average molecular weight is 295 g/mol. The Morgan fingerprint density at radius 1 is 1.57 bits per heavy atom. The molecule has 1 unspecified atom stereocenters. The summed E-state index contributed by atoms with van der Waals surface area (Å²) in [7, 11) is 1.85. The van der Waals surface area contributed by atoms with Gasteiger partial charge in [0.25, 0.3) is 0 Å². The lowest BCUT2D eigenvalue weighted by Crippen LogP contribution is -2.39. The van der Waals surface area contributed by atoms with Gasteiger partial charge >= 0.3 is 5.82 Å². The van der Waals surface area contributed by atoms with E-state index in [1.165, 1.54) is 12.8 Å². The van der Waals surface area contributed by atoms with Gasteiger partial charge in [-0.15, -0.1) is 0 Å². The van der Waals surface area contributed by atoms with Crippen LogP contribution in [-0.2, 0) is 7.05 Å². The number of nitro groups is 1. The Bertz CT molecular complexity index is 494. The van der Waals surface area contributed by atoms with Crippen molar-refractivity contribution < 1.29 is 4.92 Å². The first-order valence-corrected chi connectivity index (χ1v) is 7.68. The van der Waals surface area contributed by atoms with Crippen LogP contribution < -0.4 is 10.2 Å². The Morgan fingerprint density at radius 3 is 2.90 bits per heavy atom. The van der Waals surface area contributed by atoms with Gasteiger partial charge in [0.2, 0.25) is 11.6 Å². The van der Waals surface area contributed by atoms with E-state index in [-0.39, 0.29) is 10.7 Å². The predicted molar refractivity (Wildman–Crippen MR) is 82.7 cm³/mol. The molecule has 21 heavy (non-hydrogen) atoms. The molecular formula is C14H25N5O2. The zero-order chi connectivity index (χ0) is 15.4. The normalized spacial score (nSPS) is 18.7. The van der Waals surface area contributed by atoms with Crippen molar-refractivity contribution in [1.29, 1.82) is 0 Å². The van der Waals surface area contributed by atoms with E-state index in [2.05, 4.69) is 22.1 Å². The van der Waals surface area contributed by atoms with E-state index in [1.807, 2.05) is 18.5 Å². The van der Waals surface area contributed by atoms with Crippen LogP contribution in [0.1, 0.15) is 32.0 Å². The number of anilines is 1. The summed E-state index contributed by atoms with van der Waals surface area (Å²) in [6.45, 7) is 7.64. The highest BCUT2D eigenvalue weighted by Crippen LogP contribution is 2.29. The maximum absolute atomic E-state index is 11.3. The fraction of sp³-hybridized carbons (Fsp3) is 0.786. The molecule has 0 aliphatic carbocycles. The Labute approximate surface area is 125 Å². The van der Waals surface area contributed by atoms with Crippen LogP contribution in [0, 0.1) is 23.0 Å². The van der Waals surface area contributed by atoms with Crippen LogP contribution in [0.3, 0.4) is 0 Å². The average Bonchev–Trinajstić information content (AvgIpc) is 2.76. The van der Waals surface area contributed by atoms with Gasteiger partial charge in [0, 0.05) is 27.1 Å². The molecule has 1 aliphatic heterocycles. The zero-order valence-corrected chi connectivity index (χ0v) is 13.1. The highest BCUT2D eigenvalue weighted by Gasteiger charge is 2.29. The second-order valence-electron chi connectivity index (χ2n) is 5.78. The largest absolute Gasteiger partial charge is 0.406 e. The first kappa shape index (κ1) is 15.8. The summed E-state index contributed by atoms with van der Waals surface area (Å²) in [5.41, 5.74) is 0. The number of rotatable bonds is 6. The van der Waals surface area contributed by atoms with Crippen LogP contribution in [0.15, 0.2) is 0 Å². The van der Waals surface area contributed by atoms with Gasteiger partial charge in [-0.3, -0.25) is 4.57 Å². The van der Waals surface area contributed by atoms with E-state index in [0.29, 0.717) is 17.6 Å². The molecule has 0 spiro atoms. The molecule has 1 aromatic rings. The lowest BCUT2D eigenvalue weighted by molar-refractivity contribution is -0.388. The summed E-state index contributed by atoms with van der Waals surface area (Å²) in [6, 6.07) is 0. The van der Waals surface area contributed by atoms with Crippen molar-refractivity contribution in [2.24, 2.45) is 13.0 Å². The number of aryl methyl sites for hydroxylation is 1. The molecule has 1 saturated heterocycles. The van der Waals surface area contributed by atoms with Crippen molar-refractivity contribution in [2.75, 3.05) is 31.1 Å². The topological polar surface area (TPSA) is 76.2 Å². The van der Waals surface area contributed by atoms with Crippen molar-refractivity contribution in [3.63, 3.8) is 0 Å². The number of piperidine rings is 1. The van der Waals surface area contributed by atoms with Crippen LogP contribution >= 0.6 is 0 Å². The van der Waals surface area contributed by atoms with Gasteiger partial charge < -0.3 is 20.3 Å². The summed E-state index contributed by atoms with van der Waals surface area (Å²) in [5.74, 6) is 1.84. The SMILES string of the molecule is CCCN(CC1CCCNC1)c1c([N+](=O)[O-])nc(C)n1C. The lowest BCUT2D eigenvalue weighted by atomic mass is 9.99. The van der Waals surface area contributed by atoms with E-state index < -0.39 is 0 Å². The maximum Gasteiger partial charge on any atom is 0.406 e. The molecule has 0 bridgehead atoms. The third-order valence-corrected chi connectivity index (χ3v) is 4.11. The predicted octanol–water partition coefficient (Wildman–Crippen LogP) is 1.85. The van der Waals surface area contributed by atoms with Gasteiger partial charge in [-0.25, -0.2) is 0 Å². The molecule has 2 heterocycles. The molecule has 0 aromatic carbocycles. The molecule has 7 nitrogen and oxygen atoms in total. The highest BCUT2D eigenvalue weighted by molar-refractivity contribution is 5.56. The summed E-state index contributed by atoms with van der Waals surface area (Å²) < 4.78 is 1.84. The van der Waals surface area contributed by atoms with Crippen LogP contribution in [0.2, 0.25) is 0 Å². The fourth-order valence-corrected chi connectivity index (χ4v) is 3.00. The van der Waals surface area contributed by atoms with Gasteiger partial charge in [0.05, 0.1) is 0 Å². The number of hydrogen-bond acceptors (Lipinski definition) is 5. The van der Waals surface area contributed by atoms with E-state index in [0.717, 1.165) is 32.6 Å². The summed E-state index contributed by atoms with van der Waals surface area (Å²) >= 11 is 0. The Morgan fingerprint density at radius 2 is 2.33 bits per heavy atom. The second kappa shape index (κ2) is 6.89. The first-order valence-electron chi connectivity index (χ1n) is 7.68. The molecule has 7 heteroatoms. The lowest BCUT2D eigenvalue weighted by Gasteiger charge is -2.30. The van der Waals surface area contributed by atoms with Gasteiger partial charge in [0.1, 0.15) is 0 Å². The summed E-state index contributed by atoms with van der Waals surface area (Å²) in [5, 5.41) is 14.7. The van der Waals surface area contributed by atoms with Crippen LogP contribution in [0.4, 0.5) is 11.6 Å². The number of hydrogen-bond donors (Lipinski definition) is 1. The number of aromatic nitrogens is 2. The molecule has 0 amide bonds. The van der Waals surface area contributed by atoms with Crippen molar-refractivity contribution in [2.45, 2.75) is 33.1 Å². The van der Waals surface area contributed by atoms with E-state index in [1.54, 1.807) is 0 Å². The third kappa shape index (κ3) is 3.53. The minimum Gasteiger partial charge on any atom is -0.358 e. The standard InChI is InChI=1S/C14H25N5O2/c1-4-8-18(10-12-6-5-7-15-9-12)14-13(19(20)21)16-11(2)17(14)3/h12,15H,4-10H2,1-3H3. The number of nitrogens with one attached hydrogen (secondary N) is 1. The van der Waals surface area contributed by atoms with Crippen molar-refractivity contribution in [3.05, 3.63) is 15.9 Å². The Kier molecular flexibility index (Phi) is 5.17. The maximum atomic E-state index is 11.3. The quantitative estimate of drug-likeness (QED) is 0.640. The Balaban J connectivity index is 2.26. The summed E-state index contributed by atoms with van der Waals surface area (Å²) in [6.07, 6.45) is 3.32. The van der Waals surface area contributed by atoms with E-state index in [4.69, 9.17) is 0 Å². The van der Waals surface area contributed by atoms with Crippen molar-refractivity contribution in [3.8, 4) is 0 Å². The minimum atomic E-state index is -0.371. The molecule has 1 fully saturated rings.